The van der Waals surface area contributed by atoms with Crippen LogP contribution in [0.4, 0.5) is 4.39 Å². The molecule has 0 bridgehead atoms. The standard InChI is InChI=1S/C20H25FN4O4S/c1-3-30(27,28)24-17-9-15-11-25(18(26)8-14-4-6-16(21)7-5-14)12-20(15,10-17)19-22-13(2)23-29-19/h4-7,15,17,24H,3,8-12H2,1-2H3/t15?,17-,20+/m1/s1. The molecule has 30 heavy (non-hydrogen) atoms. The van der Waals surface area contributed by atoms with E-state index in [9.17, 15) is 17.6 Å². The fourth-order valence-electron chi connectivity index (χ4n) is 4.71. The molecule has 10 heteroatoms. The van der Waals surface area contributed by atoms with Gasteiger partial charge in [0.1, 0.15) is 5.82 Å². The molecule has 1 amide bonds. The van der Waals surface area contributed by atoms with Gasteiger partial charge in [-0.2, -0.15) is 4.98 Å². The number of hydrogen-bond acceptors (Lipinski definition) is 6. The molecule has 0 radical (unpaired) electrons. The Balaban J connectivity index is 1.54. The molecule has 1 saturated heterocycles. The number of halogens is 1. The maximum atomic E-state index is 13.1. The molecular weight excluding hydrogens is 411 g/mol. The minimum absolute atomic E-state index is 0.0130. The Hall–Kier alpha value is -2.33. The molecule has 1 aromatic carbocycles. The number of fused-ring (bicyclic) bond motifs is 1. The van der Waals surface area contributed by atoms with E-state index in [-0.39, 0.29) is 35.9 Å². The summed E-state index contributed by atoms with van der Waals surface area (Å²) < 4.78 is 45.5. The lowest BCUT2D eigenvalue weighted by Crippen LogP contribution is -2.40. The van der Waals surface area contributed by atoms with E-state index in [4.69, 9.17) is 4.52 Å². The van der Waals surface area contributed by atoms with Crippen molar-refractivity contribution in [2.45, 2.75) is 44.6 Å². The number of nitrogens with one attached hydrogen (secondary N) is 1. The number of aromatic nitrogens is 2. The number of carbonyl (C=O) groups excluding carboxylic acids is 1. The molecule has 4 rings (SSSR count). The van der Waals surface area contributed by atoms with E-state index in [1.807, 2.05) is 0 Å². The van der Waals surface area contributed by atoms with Gasteiger partial charge in [-0.1, -0.05) is 17.3 Å². The highest BCUT2D eigenvalue weighted by Gasteiger charge is 2.58. The number of benzene rings is 1. The average molecular weight is 437 g/mol. The van der Waals surface area contributed by atoms with Gasteiger partial charge in [-0.3, -0.25) is 4.79 Å². The topological polar surface area (TPSA) is 105 Å². The molecule has 0 spiro atoms. The average Bonchev–Trinajstić information content (AvgIpc) is 3.36. The molecule has 1 saturated carbocycles. The van der Waals surface area contributed by atoms with Gasteiger partial charge in [-0.15, -0.1) is 0 Å². The Morgan fingerprint density at radius 1 is 1.37 bits per heavy atom. The highest BCUT2D eigenvalue weighted by Crippen LogP contribution is 2.50. The van der Waals surface area contributed by atoms with Crippen molar-refractivity contribution in [1.82, 2.24) is 19.8 Å². The summed E-state index contributed by atoms with van der Waals surface area (Å²) >= 11 is 0. The van der Waals surface area contributed by atoms with Gasteiger partial charge in [-0.05, 0) is 50.3 Å². The largest absolute Gasteiger partial charge is 0.341 e. The maximum Gasteiger partial charge on any atom is 0.235 e. The van der Waals surface area contributed by atoms with E-state index in [1.54, 1.807) is 30.9 Å². The molecule has 3 atom stereocenters. The summed E-state index contributed by atoms with van der Waals surface area (Å²) in [4.78, 5) is 19.1. The highest BCUT2D eigenvalue weighted by atomic mass is 32.2. The van der Waals surface area contributed by atoms with Crippen molar-refractivity contribution in [1.29, 1.82) is 0 Å². The normalized spacial score (nSPS) is 26.2. The van der Waals surface area contributed by atoms with Crippen LogP contribution < -0.4 is 4.72 Å². The van der Waals surface area contributed by atoms with Gasteiger partial charge in [0.05, 0.1) is 17.6 Å². The van der Waals surface area contributed by atoms with Crippen molar-refractivity contribution in [3.63, 3.8) is 0 Å². The van der Waals surface area contributed by atoms with Crippen LogP contribution in [-0.4, -0.2) is 54.2 Å². The van der Waals surface area contributed by atoms with Gasteiger partial charge in [0.2, 0.25) is 21.8 Å². The molecule has 1 aromatic heterocycles. The second kappa shape index (κ2) is 7.73. The molecule has 2 heterocycles. The summed E-state index contributed by atoms with van der Waals surface area (Å²) in [7, 11) is -3.34. The first-order valence-electron chi connectivity index (χ1n) is 10.0. The SMILES string of the molecule is CCS(=O)(=O)N[C@@H]1CC2CN(C(=O)Cc3ccc(F)cc3)C[C@@]2(c2nc(C)no2)C1. The first-order chi connectivity index (χ1) is 14.2. The highest BCUT2D eigenvalue weighted by molar-refractivity contribution is 7.89. The van der Waals surface area contributed by atoms with Gasteiger partial charge in [0, 0.05) is 19.1 Å². The van der Waals surface area contributed by atoms with E-state index in [0.29, 0.717) is 37.6 Å². The van der Waals surface area contributed by atoms with Crippen LogP contribution in [0.3, 0.4) is 0 Å². The van der Waals surface area contributed by atoms with Crippen molar-refractivity contribution in [2.75, 3.05) is 18.8 Å². The van der Waals surface area contributed by atoms with Gasteiger partial charge < -0.3 is 9.42 Å². The van der Waals surface area contributed by atoms with Crippen molar-refractivity contribution in [2.24, 2.45) is 5.92 Å². The van der Waals surface area contributed by atoms with Gasteiger partial charge >= 0.3 is 0 Å². The number of rotatable bonds is 6. The molecule has 1 aliphatic carbocycles. The Labute approximate surface area is 174 Å². The van der Waals surface area contributed by atoms with E-state index in [1.165, 1.54) is 12.1 Å². The molecule has 1 unspecified atom stereocenters. The number of sulfonamides is 1. The fraction of sp³-hybridized carbons (Fsp3) is 0.550. The van der Waals surface area contributed by atoms with Crippen molar-refractivity contribution < 1.29 is 22.1 Å². The number of hydrogen-bond donors (Lipinski definition) is 1. The zero-order valence-corrected chi connectivity index (χ0v) is 17.8. The smallest absolute Gasteiger partial charge is 0.235 e. The van der Waals surface area contributed by atoms with Crippen LogP contribution in [0.25, 0.3) is 0 Å². The lowest BCUT2D eigenvalue weighted by molar-refractivity contribution is -0.129. The van der Waals surface area contributed by atoms with E-state index in [0.717, 1.165) is 5.56 Å². The lowest BCUT2D eigenvalue weighted by Gasteiger charge is -2.25. The van der Waals surface area contributed by atoms with Crippen LogP contribution in [-0.2, 0) is 26.7 Å². The van der Waals surface area contributed by atoms with E-state index in [2.05, 4.69) is 14.9 Å². The predicted molar refractivity (Wildman–Crippen MR) is 107 cm³/mol. The zero-order valence-electron chi connectivity index (χ0n) is 17.0. The summed E-state index contributed by atoms with van der Waals surface area (Å²) in [6.45, 7) is 4.22. The third-order valence-electron chi connectivity index (χ3n) is 6.18. The Morgan fingerprint density at radius 2 is 2.10 bits per heavy atom. The first-order valence-corrected chi connectivity index (χ1v) is 11.7. The molecular formula is C20H25FN4O4S. The number of aryl methyl sites for hydroxylation is 1. The van der Waals surface area contributed by atoms with Crippen LogP contribution in [0.2, 0.25) is 0 Å². The Bertz CT molecular complexity index is 1040. The van der Waals surface area contributed by atoms with Crippen LogP contribution >= 0.6 is 0 Å². The molecule has 2 aliphatic rings. The molecule has 1 N–H and O–H groups in total. The third kappa shape index (κ3) is 3.98. The quantitative estimate of drug-likeness (QED) is 0.737. The first kappa shape index (κ1) is 20.9. The lowest BCUT2D eigenvalue weighted by atomic mass is 9.80. The summed E-state index contributed by atoms with van der Waals surface area (Å²) in [6.07, 6.45) is 1.28. The van der Waals surface area contributed by atoms with Crippen molar-refractivity contribution in [3.8, 4) is 0 Å². The Morgan fingerprint density at radius 3 is 2.73 bits per heavy atom. The summed E-state index contributed by atoms with van der Waals surface area (Å²) in [5, 5.41) is 3.91. The van der Waals surface area contributed by atoms with Crippen LogP contribution in [0, 0.1) is 18.7 Å². The molecule has 2 aromatic rings. The number of carbonyl (C=O) groups is 1. The van der Waals surface area contributed by atoms with Crippen molar-refractivity contribution in [3.05, 3.63) is 47.4 Å². The summed E-state index contributed by atoms with van der Waals surface area (Å²) in [5.74, 6) is 0.597. The molecule has 2 fully saturated rings. The summed E-state index contributed by atoms with van der Waals surface area (Å²) in [5.41, 5.74) is 0.176. The molecule has 8 nitrogen and oxygen atoms in total. The van der Waals surface area contributed by atoms with Crippen LogP contribution in [0.5, 0.6) is 0 Å². The molecule has 162 valence electrons. The van der Waals surface area contributed by atoms with Crippen LogP contribution in [0.15, 0.2) is 28.8 Å². The van der Waals surface area contributed by atoms with E-state index < -0.39 is 15.4 Å². The minimum atomic E-state index is -3.34. The van der Waals surface area contributed by atoms with Gasteiger partial charge in [-0.25, -0.2) is 17.5 Å². The fourth-order valence-corrected chi connectivity index (χ4v) is 5.56. The van der Waals surface area contributed by atoms with E-state index >= 15 is 0 Å². The number of likely N-dealkylation sites (tertiary alicyclic amines) is 1. The second-order valence-corrected chi connectivity index (χ2v) is 10.3. The predicted octanol–water partition coefficient (Wildman–Crippen LogP) is 1.56. The van der Waals surface area contributed by atoms with Crippen molar-refractivity contribution >= 4 is 15.9 Å². The van der Waals surface area contributed by atoms with Gasteiger partial charge in [0.15, 0.2) is 5.82 Å². The minimum Gasteiger partial charge on any atom is -0.341 e. The zero-order chi connectivity index (χ0) is 21.5. The van der Waals surface area contributed by atoms with Gasteiger partial charge in [0.25, 0.3) is 0 Å². The second-order valence-electron chi connectivity index (χ2n) is 8.24. The monoisotopic (exact) mass is 436 g/mol. The third-order valence-corrected chi connectivity index (χ3v) is 7.63. The maximum absolute atomic E-state index is 13.1. The summed E-state index contributed by atoms with van der Waals surface area (Å²) in [6, 6.07) is 5.66. The number of nitrogens with zero attached hydrogens (tertiary/aromatic N) is 3. The Kier molecular flexibility index (Phi) is 5.39. The molecule has 1 aliphatic heterocycles. The number of amides is 1. The van der Waals surface area contributed by atoms with Crippen LogP contribution in [0.1, 0.15) is 37.0 Å².